The molecule has 60 valence electrons. The third kappa shape index (κ3) is 7.70. The fraction of sp³-hybridized carbons (Fsp3) is 0.778. The van der Waals surface area contributed by atoms with Gasteiger partial charge in [0.05, 0.1) is 6.61 Å². The van der Waals surface area contributed by atoms with Crippen molar-refractivity contribution in [2.75, 3.05) is 13.2 Å². The Labute approximate surface area is 64.1 Å². The highest BCUT2D eigenvalue weighted by molar-refractivity contribution is 4.80. The third-order valence-electron chi connectivity index (χ3n) is 1.18. The van der Waals surface area contributed by atoms with Gasteiger partial charge in [-0.05, 0) is 12.8 Å². The van der Waals surface area contributed by atoms with Crippen LogP contribution in [0.5, 0.6) is 0 Å². The van der Waals surface area contributed by atoms with Crippen LogP contribution in [0.2, 0.25) is 0 Å². The van der Waals surface area contributed by atoms with E-state index in [9.17, 15) is 0 Å². The van der Waals surface area contributed by atoms with Crippen LogP contribution < -0.4 is 0 Å². The zero-order valence-corrected chi connectivity index (χ0v) is 7.10. The van der Waals surface area contributed by atoms with Crippen molar-refractivity contribution in [3.05, 3.63) is 12.2 Å². The van der Waals surface area contributed by atoms with Gasteiger partial charge in [-0.1, -0.05) is 32.4 Å². The van der Waals surface area contributed by atoms with Crippen molar-refractivity contribution in [3.63, 3.8) is 0 Å². The average molecular weight is 142 g/mol. The standard InChI is InChI=1S/C9H18O/c1-3-5-6-7-9-10-8-4-2/h6-7H,3-5,8-9H2,1-2H3. The number of ether oxygens (including phenoxy) is 1. The molecule has 0 aliphatic heterocycles. The summed E-state index contributed by atoms with van der Waals surface area (Å²) >= 11 is 0. The van der Waals surface area contributed by atoms with E-state index in [4.69, 9.17) is 4.74 Å². The number of hydrogen-bond acceptors (Lipinski definition) is 1. The van der Waals surface area contributed by atoms with Crippen LogP contribution in [-0.4, -0.2) is 13.2 Å². The van der Waals surface area contributed by atoms with Crippen molar-refractivity contribution >= 4 is 0 Å². The molecule has 0 aliphatic carbocycles. The minimum Gasteiger partial charge on any atom is -0.377 e. The minimum absolute atomic E-state index is 0.786. The van der Waals surface area contributed by atoms with Crippen molar-refractivity contribution in [1.82, 2.24) is 0 Å². The summed E-state index contributed by atoms with van der Waals surface area (Å²) in [6.45, 7) is 5.97. The molecule has 0 unspecified atom stereocenters. The Morgan fingerprint density at radius 3 is 2.50 bits per heavy atom. The largest absolute Gasteiger partial charge is 0.377 e. The Kier molecular flexibility index (Phi) is 8.44. The second kappa shape index (κ2) is 8.70. The SMILES string of the molecule is CCCC=CCOCCC. The van der Waals surface area contributed by atoms with E-state index in [-0.39, 0.29) is 0 Å². The van der Waals surface area contributed by atoms with Crippen LogP contribution in [-0.2, 0) is 4.74 Å². The molecule has 10 heavy (non-hydrogen) atoms. The maximum absolute atomic E-state index is 5.24. The van der Waals surface area contributed by atoms with E-state index in [1.165, 1.54) is 12.8 Å². The Morgan fingerprint density at radius 1 is 1.10 bits per heavy atom. The highest BCUT2D eigenvalue weighted by Gasteiger charge is 1.78. The summed E-state index contributed by atoms with van der Waals surface area (Å²) < 4.78 is 5.24. The van der Waals surface area contributed by atoms with Gasteiger partial charge in [-0.2, -0.15) is 0 Å². The first-order valence-electron chi connectivity index (χ1n) is 4.14. The quantitative estimate of drug-likeness (QED) is 0.409. The topological polar surface area (TPSA) is 9.23 Å². The molecular weight excluding hydrogens is 124 g/mol. The Hall–Kier alpha value is -0.300. The van der Waals surface area contributed by atoms with Gasteiger partial charge in [-0.3, -0.25) is 0 Å². The highest BCUT2D eigenvalue weighted by atomic mass is 16.5. The molecule has 1 heteroatoms. The zero-order valence-electron chi connectivity index (χ0n) is 7.10. The molecule has 0 aliphatic rings. The Balaban J connectivity index is 2.88. The summed E-state index contributed by atoms with van der Waals surface area (Å²) in [5.74, 6) is 0. The number of unbranched alkanes of at least 4 members (excludes halogenated alkanes) is 1. The van der Waals surface area contributed by atoms with E-state index in [0.717, 1.165) is 19.6 Å². The van der Waals surface area contributed by atoms with Gasteiger partial charge in [-0.15, -0.1) is 0 Å². The number of rotatable bonds is 6. The summed E-state index contributed by atoms with van der Waals surface area (Å²) in [6.07, 6.45) is 7.79. The highest BCUT2D eigenvalue weighted by Crippen LogP contribution is 1.88. The van der Waals surface area contributed by atoms with Crippen molar-refractivity contribution in [2.45, 2.75) is 33.1 Å². The van der Waals surface area contributed by atoms with Crippen LogP contribution in [0.3, 0.4) is 0 Å². The zero-order chi connectivity index (χ0) is 7.66. The molecule has 0 aromatic carbocycles. The van der Waals surface area contributed by atoms with E-state index >= 15 is 0 Å². The molecule has 0 radical (unpaired) electrons. The minimum atomic E-state index is 0.786. The van der Waals surface area contributed by atoms with Gasteiger partial charge in [-0.25, -0.2) is 0 Å². The Bertz CT molecular complexity index is 76.8. The second-order valence-electron chi connectivity index (χ2n) is 2.33. The summed E-state index contributed by atoms with van der Waals surface area (Å²) in [5.41, 5.74) is 0. The summed E-state index contributed by atoms with van der Waals surface area (Å²) in [4.78, 5) is 0. The molecular formula is C9H18O. The first-order chi connectivity index (χ1) is 4.91. The monoisotopic (exact) mass is 142 g/mol. The molecule has 0 atom stereocenters. The Morgan fingerprint density at radius 2 is 1.90 bits per heavy atom. The third-order valence-corrected chi connectivity index (χ3v) is 1.18. The first-order valence-corrected chi connectivity index (χ1v) is 4.14. The van der Waals surface area contributed by atoms with Crippen LogP contribution >= 0.6 is 0 Å². The molecule has 0 saturated carbocycles. The van der Waals surface area contributed by atoms with E-state index in [2.05, 4.69) is 26.0 Å². The van der Waals surface area contributed by atoms with Crippen molar-refractivity contribution < 1.29 is 4.74 Å². The predicted molar refractivity (Wildman–Crippen MR) is 45.2 cm³/mol. The number of allylic oxidation sites excluding steroid dienone is 1. The van der Waals surface area contributed by atoms with E-state index in [0.29, 0.717) is 0 Å². The van der Waals surface area contributed by atoms with Crippen LogP contribution in [0.4, 0.5) is 0 Å². The van der Waals surface area contributed by atoms with Gasteiger partial charge in [0.2, 0.25) is 0 Å². The second-order valence-corrected chi connectivity index (χ2v) is 2.33. The van der Waals surface area contributed by atoms with E-state index in [1.54, 1.807) is 0 Å². The first kappa shape index (κ1) is 9.70. The maximum atomic E-state index is 5.24. The summed E-state index contributed by atoms with van der Waals surface area (Å²) in [5, 5.41) is 0. The van der Waals surface area contributed by atoms with Crippen LogP contribution in [0, 0.1) is 0 Å². The van der Waals surface area contributed by atoms with Crippen LogP contribution in [0.25, 0.3) is 0 Å². The van der Waals surface area contributed by atoms with Gasteiger partial charge in [0.25, 0.3) is 0 Å². The fourth-order valence-electron chi connectivity index (χ4n) is 0.648. The molecule has 0 rings (SSSR count). The average Bonchev–Trinajstić information content (AvgIpc) is 1.97. The van der Waals surface area contributed by atoms with Gasteiger partial charge in [0.1, 0.15) is 0 Å². The molecule has 0 saturated heterocycles. The lowest BCUT2D eigenvalue weighted by atomic mass is 10.3. The molecule has 0 amide bonds. The molecule has 0 fully saturated rings. The van der Waals surface area contributed by atoms with Gasteiger partial charge >= 0.3 is 0 Å². The molecule has 0 spiro atoms. The summed E-state index contributed by atoms with van der Waals surface area (Å²) in [7, 11) is 0. The van der Waals surface area contributed by atoms with Gasteiger partial charge in [0, 0.05) is 6.61 Å². The maximum Gasteiger partial charge on any atom is 0.0647 e. The molecule has 1 nitrogen and oxygen atoms in total. The van der Waals surface area contributed by atoms with E-state index < -0.39 is 0 Å². The molecule has 0 bridgehead atoms. The van der Waals surface area contributed by atoms with Gasteiger partial charge < -0.3 is 4.74 Å². The number of hydrogen-bond donors (Lipinski definition) is 0. The fourth-order valence-corrected chi connectivity index (χ4v) is 0.648. The van der Waals surface area contributed by atoms with Crippen LogP contribution in [0.15, 0.2) is 12.2 Å². The van der Waals surface area contributed by atoms with Crippen molar-refractivity contribution in [1.29, 1.82) is 0 Å². The van der Waals surface area contributed by atoms with E-state index in [1.807, 2.05) is 0 Å². The lowest BCUT2D eigenvalue weighted by Crippen LogP contribution is -1.91. The lowest BCUT2D eigenvalue weighted by Gasteiger charge is -1.94. The molecule has 0 heterocycles. The smallest absolute Gasteiger partial charge is 0.0647 e. The summed E-state index contributed by atoms with van der Waals surface area (Å²) in [6, 6.07) is 0. The van der Waals surface area contributed by atoms with Crippen molar-refractivity contribution in [3.8, 4) is 0 Å². The molecule has 0 N–H and O–H groups in total. The van der Waals surface area contributed by atoms with Crippen molar-refractivity contribution in [2.24, 2.45) is 0 Å². The molecule has 0 aromatic rings. The van der Waals surface area contributed by atoms with Gasteiger partial charge in [0.15, 0.2) is 0 Å². The normalized spacial score (nSPS) is 11.0. The lowest BCUT2D eigenvalue weighted by molar-refractivity contribution is 0.163. The van der Waals surface area contributed by atoms with Crippen LogP contribution in [0.1, 0.15) is 33.1 Å². The molecule has 0 aromatic heterocycles. The predicted octanol–water partition coefficient (Wildman–Crippen LogP) is 2.77.